The number of amides is 2. The summed E-state index contributed by atoms with van der Waals surface area (Å²) in [6.07, 6.45) is 4.23. The van der Waals surface area contributed by atoms with E-state index in [1.807, 2.05) is 23.2 Å². The Morgan fingerprint density at radius 3 is 2.67 bits per heavy atom. The number of methoxy groups -OCH3 is 1. The van der Waals surface area contributed by atoms with E-state index in [4.69, 9.17) is 4.74 Å². The molecular formula is C18H28N4O2. The number of carbonyl (C=O) groups is 1. The van der Waals surface area contributed by atoms with Crippen LogP contribution in [0.15, 0.2) is 24.4 Å². The summed E-state index contributed by atoms with van der Waals surface area (Å²) in [4.78, 5) is 21.2. The second-order valence-electron chi connectivity index (χ2n) is 6.80. The molecule has 0 spiro atoms. The van der Waals surface area contributed by atoms with Crippen molar-refractivity contribution in [1.29, 1.82) is 0 Å². The molecule has 2 heterocycles. The van der Waals surface area contributed by atoms with Crippen LogP contribution in [0.2, 0.25) is 0 Å². The van der Waals surface area contributed by atoms with Crippen LogP contribution in [0.1, 0.15) is 31.5 Å². The number of nitrogens with one attached hydrogen (secondary N) is 1. The van der Waals surface area contributed by atoms with E-state index in [1.54, 1.807) is 7.11 Å². The molecule has 2 unspecified atom stereocenters. The lowest BCUT2D eigenvalue weighted by atomic mass is 10.1. The fourth-order valence-corrected chi connectivity index (χ4v) is 3.35. The van der Waals surface area contributed by atoms with Gasteiger partial charge in [-0.1, -0.05) is 6.07 Å². The molecule has 2 amide bonds. The van der Waals surface area contributed by atoms with Crippen molar-refractivity contribution in [3.05, 3.63) is 30.1 Å². The summed E-state index contributed by atoms with van der Waals surface area (Å²) in [5.41, 5.74) is 1.09. The summed E-state index contributed by atoms with van der Waals surface area (Å²) in [7, 11) is 1.69. The van der Waals surface area contributed by atoms with Crippen LogP contribution in [0.4, 0.5) is 4.79 Å². The van der Waals surface area contributed by atoms with Crippen molar-refractivity contribution >= 4 is 6.03 Å². The highest BCUT2D eigenvalue weighted by molar-refractivity contribution is 5.74. The van der Waals surface area contributed by atoms with Gasteiger partial charge in [0.25, 0.3) is 0 Å². The van der Waals surface area contributed by atoms with Crippen LogP contribution in [0, 0.1) is 5.92 Å². The molecule has 1 aromatic heterocycles. The van der Waals surface area contributed by atoms with Crippen molar-refractivity contribution < 1.29 is 9.53 Å². The smallest absolute Gasteiger partial charge is 0.317 e. The molecule has 0 bridgehead atoms. The highest BCUT2D eigenvalue weighted by Crippen LogP contribution is 2.32. The van der Waals surface area contributed by atoms with E-state index in [9.17, 15) is 4.79 Å². The van der Waals surface area contributed by atoms with E-state index in [0.717, 1.165) is 31.9 Å². The predicted octanol–water partition coefficient (Wildman–Crippen LogP) is 1.89. The molecule has 132 valence electrons. The molecule has 2 atom stereocenters. The van der Waals surface area contributed by atoms with Crippen molar-refractivity contribution in [2.45, 2.75) is 31.8 Å². The molecule has 1 N–H and O–H groups in total. The van der Waals surface area contributed by atoms with Gasteiger partial charge in [0, 0.05) is 45.5 Å². The van der Waals surface area contributed by atoms with Gasteiger partial charge in [0.2, 0.25) is 0 Å². The SMILES string of the molecule is COCC(NC(=O)N1CCN(C(C)c2ccccn2)CC1)C1CC1. The number of ether oxygens (including phenoxy) is 1. The van der Waals surface area contributed by atoms with Crippen molar-refractivity contribution in [1.82, 2.24) is 20.1 Å². The lowest BCUT2D eigenvalue weighted by Crippen LogP contribution is -2.54. The number of rotatable bonds is 6. The lowest BCUT2D eigenvalue weighted by Gasteiger charge is -2.38. The maximum atomic E-state index is 12.5. The van der Waals surface area contributed by atoms with Crippen molar-refractivity contribution in [2.24, 2.45) is 5.92 Å². The van der Waals surface area contributed by atoms with Gasteiger partial charge in [-0.15, -0.1) is 0 Å². The van der Waals surface area contributed by atoms with Gasteiger partial charge < -0.3 is 15.0 Å². The number of carbonyl (C=O) groups excluding carboxylic acids is 1. The summed E-state index contributed by atoms with van der Waals surface area (Å²) in [5.74, 6) is 0.597. The number of piperazine rings is 1. The first-order valence-electron chi connectivity index (χ1n) is 8.88. The Morgan fingerprint density at radius 2 is 2.08 bits per heavy atom. The van der Waals surface area contributed by atoms with E-state index in [1.165, 1.54) is 12.8 Å². The molecule has 3 rings (SSSR count). The summed E-state index contributed by atoms with van der Waals surface area (Å²) >= 11 is 0. The zero-order valence-corrected chi connectivity index (χ0v) is 14.6. The molecule has 1 saturated carbocycles. The highest BCUT2D eigenvalue weighted by Gasteiger charge is 2.34. The van der Waals surface area contributed by atoms with E-state index in [-0.39, 0.29) is 18.1 Å². The van der Waals surface area contributed by atoms with E-state index in [0.29, 0.717) is 12.5 Å². The Hall–Kier alpha value is -1.66. The Labute approximate surface area is 144 Å². The Balaban J connectivity index is 1.48. The van der Waals surface area contributed by atoms with Gasteiger partial charge in [-0.25, -0.2) is 4.79 Å². The van der Waals surface area contributed by atoms with Crippen LogP contribution < -0.4 is 5.32 Å². The largest absolute Gasteiger partial charge is 0.383 e. The Bertz CT molecular complexity index is 527. The van der Waals surface area contributed by atoms with Gasteiger partial charge in [-0.2, -0.15) is 0 Å². The van der Waals surface area contributed by atoms with Gasteiger partial charge in [-0.3, -0.25) is 9.88 Å². The quantitative estimate of drug-likeness (QED) is 0.864. The first-order chi connectivity index (χ1) is 11.7. The fraction of sp³-hybridized carbons (Fsp3) is 0.667. The number of pyridine rings is 1. The summed E-state index contributed by atoms with van der Waals surface area (Å²) < 4.78 is 5.24. The third-order valence-corrected chi connectivity index (χ3v) is 5.11. The highest BCUT2D eigenvalue weighted by atomic mass is 16.5. The van der Waals surface area contributed by atoms with Crippen LogP contribution in [-0.4, -0.2) is 66.8 Å². The topological polar surface area (TPSA) is 57.7 Å². The molecule has 1 aliphatic carbocycles. The number of nitrogens with zero attached hydrogens (tertiary/aromatic N) is 3. The molecule has 2 aliphatic rings. The summed E-state index contributed by atoms with van der Waals surface area (Å²) in [6, 6.07) is 6.52. The lowest BCUT2D eigenvalue weighted by molar-refractivity contribution is 0.105. The van der Waals surface area contributed by atoms with Crippen LogP contribution >= 0.6 is 0 Å². The minimum absolute atomic E-state index is 0.0501. The van der Waals surface area contributed by atoms with Gasteiger partial charge >= 0.3 is 6.03 Å². The van der Waals surface area contributed by atoms with E-state index < -0.39 is 0 Å². The number of hydrogen-bond donors (Lipinski definition) is 1. The summed E-state index contributed by atoms with van der Waals surface area (Å²) in [5, 5.41) is 3.16. The fourth-order valence-electron chi connectivity index (χ4n) is 3.35. The molecule has 6 heteroatoms. The average molecular weight is 332 g/mol. The molecule has 1 aromatic rings. The average Bonchev–Trinajstić information content (AvgIpc) is 3.47. The van der Waals surface area contributed by atoms with Crippen molar-refractivity contribution in [3.63, 3.8) is 0 Å². The first-order valence-corrected chi connectivity index (χ1v) is 8.88. The molecule has 1 aliphatic heterocycles. The molecule has 2 fully saturated rings. The van der Waals surface area contributed by atoms with Crippen molar-refractivity contribution in [3.8, 4) is 0 Å². The molecule has 0 radical (unpaired) electrons. The van der Waals surface area contributed by atoms with Crippen LogP contribution in [0.5, 0.6) is 0 Å². The molecule has 0 aromatic carbocycles. The van der Waals surface area contributed by atoms with Gasteiger partial charge in [0.05, 0.1) is 18.3 Å². The van der Waals surface area contributed by atoms with Gasteiger partial charge in [-0.05, 0) is 37.8 Å². The number of urea groups is 1. The third kappa shape index (κ3) is 4.24. The minimum Gasteiger partial charge on any atom is -0.383 e. The Morgan fingerprint density at radius 1 is 1.33 bits per heavy atom. The van der Waals surface area contributed by atoms with E-state index >= 15 is 0 Å². The second kappa shape index (κ2) is 7.94. The maximum absolute atomic E-state index is 12.5. The van der Waals surface area contributed by atoms with E-state index in [2.05, 4.69) is 28.2 Å². The van der Waals surface area contributed by atoms with Crippen LogP contribution in [0.25, 0.3) is 0 Å². The second-order valence-corrected chi connectivity index (χ2v) is 6.80. The third-order valence-electron chi connectivity index (χ3n) is 5.11. The Kier molecular flexibility index (Phi) is 5.68. The monoisotopic (exact) mass is 332 g/mol. The number of aromatic nitrogens is 1. The van der Waals surface area contributed by atoms with Crippen molar-refractivity contribution in [2.75, 3.05) is 39.9 Å². The number of hydrogen-bond acceptors (Lipinski definition) is 4. The summed E-state index contributed by atoms with van der Waals surface area (Å²) in [6.45, 7) is 6.06. The molecule has 24 heavy (non-hydrogen) atoms. The normalized spacial score (nSPS) is 21.3. The van der Waals surface area contributed by atoms with Gasteiger partial charge in [0.1, 0.15) is 0 Å². The standard InChI is InChI=1S/C18H28N4O2/c1-14(16-5-3-4-8-19-16)21-9-11-22(12-10-21)18(23)20-17(13-24-2)15-6-7-15/h3-5,8,14-15,17H,6-7,9-13H2,1-2H3,(H,20,23). The zero-order chi connectivity index (χ0) is 16.9. The maximum Gasteiger partial charge on any atom is 0.317 e. The zero-order valence-electron chi connectivity index (χ0n) is 14.6. The molecular weight excluding hydrogens is 304 g/mol. The predicted molar refractivity (Wildman–Crippen MR) is 92.7 cm³/mol. The first kappa shape index (κ1) is 17.2. The minimum atomic E-state index is 0.0501. The molecule has 6 nitrogen and oxygen atoms in total. The van der Waals surface area contributed by atoms with Gasteiger partial charge in [0.15, 0.2) is 0 Å². The molecule has 1 saturated heterocycles. The van der Waals surface area contributed by atoms with Crippen LogP contribution in [0.3, 0.4) is 0 Å². The van der Waals surface area contributed by atoms with Crippen LogP contribution in [-0.2, 0) is 4.74 Å².